The van der Waals surface area contributed by atoms with E-state index in [2.05, 4.69) is 35.3 Å². The van der Waals surface area contributed by atoms with Crippen LogP contribution >= 0.6 is 11.3 Å². The summed E-state index contributed by atoms with van der Waals surface area (Å²) in [7, 11) is 3.80. The Hall–Kier alpha value is -2.90. The van der Waals surface area contributed by atoms with Gasteiger partial charge in [0.1, 0.15) is 23.0 Å². The van der Waals surface area contributed by atoms with E-state index in [1.807, 2.05) is 43.3 Å². The summed E-state index contributed by atoms with van der Waals surface area (Å²) < 4.78 is 7.16. The van der Waals surface area contributed by atoms with Gasteiger partial charge in [0.25, 0.3) is 0 Å². The van der Waals surface area contributed by atoms with Crippen LogP contribution in [0.5, 0.6) is 11.6 Å². The molecule has 0 radical (unpaired) electrons. The Bertz CT molecular complexity index is 1090. The molecule has 0 aliphatic carbocycles. The number of aromatic nitrogens is 3. The largest absolute Gasteiger partial charge is 0.496 e. The summed E-state index contributed by atoms with van der Waals surface area (Å²) in [4.78, 5) is 7.16. The lowest BCUT2D eigenvalue weighted by Crippen LogP contribution is -3.08. The number of methoxy groups -OCH3 is 1. The summed E-state index contributed by atoms with van der Waals surface area (Å²) in [5.41, 5.74) is 2.25. The summed E-state index contributed by atoms with van der Waals surface area (Å²) in [6, 6.07) is 18.2. The molecule has 2 heterocycles. The maximum absolute atomic E-state index is 10.9. The van der Waals surface area contributed by atoms with Crippen molar-refractivity contribution in [2.45, 2.75) is 19.5 Å². The summed E-state index contributed by atoms with van der Waals surface area (Å²) >= 11 is 1.47. The van der Waals surface area contributed by atoms with Gasteiger partial charge in [-0.3, -0.25) is 0 Å². The number of fused-ring (bicyclic) bond motifs is 1. The second kappa shape index (κ2) is 7.61. The highest BCUT2D eigenvalue weighted by molar-refractivity contribution is 7.17. The molecule has 2 atom stereocenters. The average Bonchev–Trinajstić information content (AvgIpc) is 3.21. The molecule has 2 aromatic heterocycles. The third-order valence-electron chi connectivity index (χ3n) is 4.84. The summed E-state index contributed by atoms with van der Waals surface area (Å²) in [6.45, 7) is 2.62. The average molecular weight is 396 g/mol. The SMILES string of the molecule is COc1ccccc1[C@@H](c1sc2nc(C)nn2c1O)[NH+](C)Cc1ccccc1. The third kappa shape index (κ3) is 3.34. The van der Waals surface area contributed by atoms with Crippen LogP contribution in [0, 0.1) is 6.92 Å². The number of hydrogen-bond acceptors (Lipinski definition) is 5. The van der Waals surface area contributed by atoms with Crippen LogP contribution in [0.2, 0.25) is 0 Å². The number of aromatic hydroxyl groups is 1. The van der Waals surface area contributed by atoms with E-state index >= 15 is 0 Å². The molecular weight excluding hydrogens is 372 g/mol. The van der Waals surface area contributed by atoms with Gasteiger partial charge in [-0.25, -0.2) is 4.98 Å². The van der Waals surface area contributed by atoms with E-state index in [1.54, 1.807) is 7.11 Å². The fourth-order valence-corrected chi connectivity index (χ4v) is 4.80. The molecule has 4 rings (SSSR count). The molecule has 0 saturated heterocycles. The smallest absolute Gasteiger partial charge is 0.235 e. The van der Waals surface area contributed by atoms with Gasteiger partial charge in [-0.1, -0.05) is 53.8 Å². The van der Waals surface area contributed by atoms with Gasteiger partial charge in [0.05, 0.1) is 19.7 Å². The van der Waals surface area contributed by atoms with Crippen LogP contribution in [-0.4, -0.2) is 33.9 Å². The molecule has 0 amide bonds. The Kier molecular flexibility index (Phi) is 5.02. The molecule has 1 unspecified atom stereocenters. The number of ether oxygens (including phenoxy) is 1. The number of thiazole rings is 1. The fraction of sp³-hybridized carbons (Fsp3) is 0.238. The minimum absolute atomic E-state index is 0.120. The van der Waals surface area contributed by atoms with Crippen molar-refractivity contribution in [3.8, 4) is 11.6 Å². The number of para-hydroxylation sites is 1. The lowest BCUT2D eigenvalue weighted by molar-refractivity contribution is -0.919. The summed E-state index contributed by atoms with van der Waals surface area (Å²) in [5.74, 6) is 1.59. The van der Waals surface area contributed by atoms with Crippen molar-refractivity contribution < 1.29 is 14.7 Å². The Morgan fingerprint density at radius 3 is 2.57 bits per heavy atom. The fourth-order valence-electron chi connectivity index (χ4n) is 3.59. The Balaban J connectivity index is 1.82. The molecule has 0 aliphatic rings. The van der Waals surface area contributed by atoms with E-state index in [9.17, 15) is 5.11 Å². The van der Waals surface area contributed by atoms with Crippen molar-refractivity contribution in [3.05, 3.63) is 76.4 Å². The zero-order valence-electron chi connectivity index (χ0n) is 16.1. The van der Waals surface area contributed by atoms with E-state index in [0.717, 1.165) is 22.7 Å². The Labute approximate surface area is 167 Å². The highest BCUT2D eigenvalue weighted by Crippen LogP contribution is 2.37. The molecule has 28 heavy (non-hydrogen) atoms. The van der Waals surface area contributed by atoms with Crippen LogP contribution in [0.15, 0.2) is 54.6 Å². The van der Waals surface area contributed by atoms with Gasteiger partial charge in [-0.15, -0.1) is 5.10 Å². The molecule has 6 nitrogen and oxygen atoms in total. The molecule has 7 heteroatoms. The highest BCUT2D eigenvalue weighted by atomic mass is 32.1. The van der Waals surface area contributed by atoms with Gasteiger partial charge in [0, 0.05) is 5.56 Å². The van der Waals surface area contributed by atoms with Crippen LogP contribution in [-0.2, 0) is 6.54 Å². The quantitative estimate of drug-likeness (QED) is 0.527. The first kappa shape index (κ1) is 18.5. The molecule has 0 saturated carbocycles. The van der Waals surface area contributed by atoms with Crippen molar-refractivity contribution in [1.29, 1.82) is 0 Å². The van der Waals surface area contributed by atoms with Crippen LogP contribution in [0.3, 0.4) is 0 Å². The highest BCUT2D eigenvalue weighted by Gasteiger charge is 2.33. The number of aryl methyl sites for hydroxylation is 1. The van der Waals surface area contributed by atoms with E-state index in [4.69, 9.17) is 4.74 Å². The van der Waals surface area contributed by atoms with Gasteiger partial charge in [0.15, 0.2) is 6.04 Å². The predicted octanol–water partition coefficient (Wildman–Crippen LogP) is 2.62. The number of benzene rings is 2. The van der Waals surface area contributed by atoms with E-state index < -0.39 is 0 Å². The molecule has 2 N–H and O–H groups in total. The predicted molar refractivity (Wildman–Crippen MR) is 109 cm³/mol. The monoisotopic (exact) mass is 395 g/mol. The zero-order chi connectivity index (χ0) is 19.7. The van der Waals surface area contributed by atoms with Gasteiger partial charge >= 0.3 is 0 Å². The molecule has 0 spiro atoms. The first-order chi connectivity index (χ1) is 13.6. The maximum Gasteiger partial charge on any atom is 0.235 e. The standard InChI is InChI=1S/C21H22N4O2S/c1-14-22-21-25(23-14)20(26)19(28-21)18(16-11-7-8-12-17(16)27-3)24(2)13-15-9-5-4-6-10-15/h4-12,18,26H,13H2,1-3H3/p+1/t18-/m0/s1. The van der Waals surface area contributed by atoms with E-state index in [1.165, 1.54) is 26.3 Å². The molecule has 0 aliphatic heterocycles. The molecule has 2 aromatic carbocycles. The Morgan fingerprint density at radius 1 is 1.14 bits per heavy atom. The van der Waals surface area contributed by atoms with Gasteiger partial charge < -0.3 is 14.7 Å². The minimum Gasteiger partial charge on any atom is -0.496 e. The van der Waals surface area contributed by atoms with E-state index in [0.29, 0.717) is 10.8 Å². The Morgan fingerprint density at radius 2 is 1.86 bits per heavy atom. The zero-order valence-corrected chi connectivity index (χ0v) is 16.9. The molecule has 0 bridgehead atoms. The number of nitrogens with zero attached hydrogens (tertiary/aromatic N) is 3. The number of rotatable bonds is 6. The topological polar surface area (TPSA) is 64.1 Å². The van der Waals surface area contributed by atoms with Crippen molar-refractivity contribution >= 4 is 16.3 Å². The van der Waals surface area contributed by atoms with E-state index in [-0.39, 0.29) is 11.9 Å². The summed E-state index contributed by atoms with van der Waals surface area (Å²) in [6.07, 6.45) is 0. The molecule has 144 valence electrons. The van der Waals surface area contributed by atoms with Crippen molar-refractivity contribution in [1.82, 2.24) is 14.6 Å². The van der Waals surface area contributed by atoms with Gasteiger partial charge in [0.2, 0.25) is 10.8 Å². The van der Waals surface area contributed by atoms with Gasteiger partial charge in [-0.2, -0.15) is 4.52 Å². The molecular formula is C21H23N4O2S+. The second-order valence-corrected chi connectivity index (χ2v) is 7.84. The van der Waals surface area contributed by atoms with Crippen LogP contribution in [0.1, 0.15) is 27.9 Å². The summed E-state index contributed by atoms with van der Waals surface area (Å²) in [5, 5.41) is 15.3. The third-order valence-corrected chi connectivity index (χ3v) is 5.92. The van der Waals surface area contributed by atoms with Gasteiger partial charge in [-0.05, 0) is 19.1 Å². The van der Waals surface area contributed by atoms with Crippen molar-refractivity contribution in [2.75, 3.05) is 14.2 Å². The van der Waals surface area contributed by atoms with Crippen LogP contribution in [0.25, 0.3) is 4.96 Å². The maximum atomic E-state index is 10.9. The second-order valence-electron chi connectivity index (χ2n) is 6.83. The lowest BCUT2D eigenvalue weighted by Gasteiger charge is -2.26. The minimum atomic E-state index is -0.120. The molecule has 0 fully saturated rings. The van der Waals surface area contributed by atoms with Crippen molar-refractivity contribution in [3.63, 3.8) is 0 Å². The lowest BCUT2D eigenvalue weighted by atomic mass is 10.0. The number of hydrogen-bond donors (Lipinski definition) is 2. The normalized spacial score (nSPS) is 13.5. The number of nitrogens with one attached hydrogen (secondary N) is 1. The van der Waals surface area contributed by atoms with Crippen molar-refractivity contribution in [2.24, 2.45) is 0 Å². The van der Waals surface area contributed by atoms with Crippen LogP contribution < -0.4 is 9.64 Å². The first-order valence-electron chi connectivity index (χ1n) is 9.12. The number of quaternary nitrogens is 1. The first-order valence-corrected chi connectivity index (χ1v) is 9.94. The molecule has 4 aromatic rings. The van der Waals surface area contributed by atoms with Crippen LogP contribution in [0.4, 0.5) is 0 Å².